The van der Waals surface area contributed by atoms with Crippen LogP contribution in [0.3, 0.4) is 0 Å². The topological polar surface area (TPSA) is 67.7 Å². The molecule has 0 spiro atoms. The molecule has 1 aliphatic rings. The van der Waals surface area contributed by atoms with Gasteiger partial charge in [-0.3, -0.25) is 4.68 Å². The van der Waals surface area contributed by atoms with E-state index in [4.69, 9.17) is 4.74 Å². The molecule has 0 amide bonds. The molecule has 1 aliphatic heterocycles. The van der Waals surface area contributed by atoms with Gasteiger partial charge in [0.25, 0.3) is 10.2 Å². The fourth-order valence-corrected chi connectivity index (χ4v) is 3.05. The minimum absolute atomic E-state index is 0.194. The number of aromatic nitrogens is 2. The van der Waals surface area contributed by atoms with Gasteiger partial charge < -0.3 is 4.74 Å². The van der Waals surface area contributed by atoms with Gasteiger partial charge in [0.2, 0.25) is 0 Å². The minimum Gasteiger partial charge on any atom is -0.378 e. The largest absolute Gasteiger partial charge is 0.378 e. The van der Waals surface area contributed by atoms with Crippen molar-refractivity contribution in [3.63, 3.8) is 0 Å². The third-order valence-corrected chi connectivity index (χ3v) is 4.90. The molecule has 0 radical (unpaired) electrons. The first-order valence-electron chi connectivity index (χ1n) is 5.66. The Labute approximate surface area is 107 Å². The number of methoxy groups -OCH3 is 1. The molecule has 8 heteroatoms. The summed E-state index contributed by atoms with van der Waals surface area (Å²) >= 11 is 0. The average Bonchev–Trinajstić information content (AvgIpc) is 2.66. The van der Waals surface area contributed by atoms with Gasteiger partial charge in [-0.1, -0.05) is 0 Å². The fourth-order valence-electron chi connectivity index (χ4n) is 1.94. The molecule has 2 heterocycles. The molecule has 1 atom stereocenters. The van der Waals surface area contributed by atoms with Crippen LogP contribution in [0.2, 0.25) is 0 Å². The zero-order valence-electron chi connectivity index (χ0n) is 10.8. The lowest BCUT2D eigenvalue weighted by molar-refractivity contribution is 0.0737. The lowest BCUT2D eigenvalue weighted by Crippen LogP contribution is -2.43. The van der Waals surface area contributed by atoms with Crippen molar-refractivity contribution in [1.82, 2.24) is 18.4 Å². The van der Waals surface area contributed by atoms with E-state index in [0.717, 1.165) is 5.69 Å². The molecule has 7 nitrogen and oxygen atoms in total. The SMILES string of the molecule is CO[C@@H]1CN(S(=O)(=O)N(C)C)Cc2ccnn2C1. The highest BCUT2D eigenvalue weighted by atomic mass is 32.2. The summed E-state index contributed by atoms with van der Waals surface area (Å²) in [5.41, 5.74) is 0.875. The van der Waals surface area contributed by atoms with Crippen molar-refractivity contribution in [2.45, 2.75) is 19.2 Å². The molecule has 0 N–H and O–H groups in total. The average molecular weight is 274 g/mol. The van der Waals surface area contributed by atoms with E-state index in [1.807, 2.05) is 6.07 Å². The maximum absolute atomic E-state index is 12.2. The van der Waals surface area contributed by atoms with Gasteiger partial charge in [0.05, 0.1) is 24.9 Å². The summed E-state index contributed by atoms with van der Waals surface area (Å²) < 4.78 is 34.1. The highest BCUT2D eigenvalue weighted by Gasteiger charge is 2.31. The molecular formula is C10H18N4O3S. The van der Waals surface area contributed by atoms with Crippen molar-refractivity contribution >= 4 is 10.2 Å². The van der Waals surface area contributed by atoms with Crippen LogP contribution in [0, 0.1) is 0 Å². The first-order valence-corrected chi connectivity index (χ1v) is 7.06. The highest BCUT2D eigenvalue weighted by molar-refractivity contribution is 7.86. The number of fused-ring (bicyclic) bond motifs is 1. The molecule has 1 aromatic rings. The first kappa shape index (κ1) is 13.5. The molecule has 0 bridgehead atoms. The van der Waals surface area contributed by atoms with Gasteiger partial charge in [-0.15, -0.1) is 0 Å². The maximum atomic E-state index is 12.2. The van der Waals surface area contributed by atoms with Crippen molar-refractivity contribution in [3.8, 4) is 0 Å². The van der Waals surface area contributed by atoms with Crippen LogP contribution in [0.5, 0.6) is 0 Å². The second-order valence-corrected chi connectivity index (χ2v) is 6.59. The zero-order chi connectivity index (χ0) is 13.3. The molecule has 1 aromatic heterocycles. The van der Waals surface area contributed by atoms with Gasteiger partial charge >= 0.3 is 0 Å². The summed E-state index contributed by atoms with van der Waals surface area (Å²) in [6, 6.07) is 1.83. The zero-order valence-corrected chi connectivity index (χ0v) is 11.6. The van der Waals surface area contributed by atoms with E-state index in [1.54, 1.807) is 18.0 Å². The van der Waals surface area contributed by atoms with Crippen LogP contribution in [-0.2, 0) is 28.0 Å². The van der Waals surface area contributed by atoms with E-state index in [-0.39, 0.29) is 6.10 Å². The van der Waals surface area contributed by atoms with Crippen LogP contribution in [0.15, 0.2) is 12.3 Å². The Balaban J connectivity index is 2.33. The van der Waals surface area contributed by atoms with Crippen LogP contribution in [-0.4, -0.2) is 60.7 Å². The highest BCUT2D eigenvalue weighted by Crippen LogP contribution is 2.17. The molecule has 0 saturated heterocycles. The maximum Gasteiger partial charge on any atom is 0.281 e. The second-order valence-electron chi connectivity index (χ2n) is 4.45. The Morgan fingerprint density at radius 3 is 2.78 bits per heavy atom. The Morgan fingerprint density at radius 2 is 2.17 bits per heavy atom. The van der Waals surface area contributed by atoms with E-state index in [2.05, 4.69) is 5.10 Å². The molecule has 2 rings (SSSR count). The predicted octanol–water partition coefficient (Wildman–Crippen LogP) is -0.480. The summed E-state index contributed by atoms with van der Waals surface area (Å²) in [4.78, 5) is 0. The van der Waals surface area contributed by atoms with E-state index in [9.17, 15) is 8.42 Å². The quantitative estimate of drug-likeness (QED) is 0.746. The van der Waals surface area contributed by atoms with E-state index in [1.165, 1.54) is 22.7 Å². The molecule has 18 heavy (non-hydrogen) atoms. The summed E-state index contributed by atoms with van der Waals surface area (Å²) in [6.45, 7) is 1.22. The van der Waals surface area contributed by atoms with E-state index in [0.29, 0.717) is 19.6 Å². The van der Waals surface area contributed by atoms with Gasteiger partial charge in [-0.2, -0.15) is 22.1 Å². The number of hydrogen-bond donors (Lipinski definition) is 0. The molecule has 0 fully saturated rings. The third kappa shape index (κ3) is 2.41. The molecule has 0 saturated carbocycles. The fraction of sp³-hybridized carbons (Fsp3) is 0.700. The Bertz CT molecular complexity index is 511. The number of ether oxygens (including phenoxy) is 1. The lowest BCUT2D eigenvalue weighted by atomic mass is 10.3. The van der Waals surface area contributed by atoms with Crippen molar-refractivity contribution in [3.05, 3.63) is 18.0 Å². The van der Waals surface area contributed by atoms with E-state index < -0.39 is 10.2 Å². The van der Waals surface area contributed by atoms with Crippen LogP contribution in [0.25, 0.3) is 0 Å². The van der Waals surface area contributed by atoms with Crippen LogP contribution in [0.1, 0.15) is 5.69 Å². The molecule has 0 aromatic carbocycles. The van der Waals surface area contributed by atoms with Crippen LogP contribution >= 0.6 is 0 Å². The lowest BCUT2D eigenvalue weighted by Gasteiger charge is -2.25. The minimum atomic E-state index is -3.44. The first-order chi connectivity index (χ1) is 8.45. The van der Waals surface area contributed by atoms with Gasteiger partial charge in [0.15, 0.2) is 0 Å². The van der Waals surface area contributed by atoms with Gasteiger partial charge in [-0.05, 0) is 6.07 Å². The normalized spacial score (nSPS) is 21.9. The number of nitrogens with zero attached hydrogens (tertiary/aromatic N) is 4. The Morgan fingerprint density at radius 1 is 1.44 bits per heavy atom. The Hall–Kier alpha value is -0.960. The van der Waals surface area contributed by atoms with Crippen LogP contribution in [0.4, 0.5) is 0 Å². The van der Waals surface area contributed by atoms with Gasteiger partial charge in [-0.25, -0.2) is 0 Å². The Kier molecular flexibility index (Phi) is 3.71. The molecule has 0 aliphatic carbocycles. The van der Waals surface area contributed by atoms with Gasteiger partial charge in [0.1, 0.15) is 0 Å². The smallest absolute Gasteiger partial charge is 0.281 e. The molecule has 0 unspecified atom stereocenters. The second kappa shape index (κ2) is 4.96. The predicted molar refractivity (Wildman–Crippen MR) is 66.0 cm³/mol. The summed E-state index contributed by atoms with van der Waals surface area (Å²) in [5.74, 6) is 0. The summed E-state index contributed by atoms with van der Waals surface area (Å²) in [7, 11) is 1.20. The molecule has 102 valence electrons. The number of hydrogen-bond acceptors (Lipinski definition) is 4. The van der Waals surface area contributed by atoms with Crippen molar-refractivity contribution < 1.29 is 13.2 Å². The third-order valence-electron chi connectivity index (χ3n) is 3.05. The van der Waals surface area contributed by atoms with Crippen molar-refractivity contribution in [2.75, 3.05) is 27.7 Å². The number of rotatable bonds is 3. The molecular weight excluding hydrogens is 256 g/mol. The van der Waals surface area contributed by atoms with E-state index >= 15 is 0 Å². The van der Waals surface area contributed by atoms with Gasteiger partial charge in [0, 0.05) is 33.9 Å². The monoisotopic (exact) mass is 274 g/mol. The summed E-state index contributed by atoms with van der Waals surface area (Å²) in [5, 5.41) is 4.18. The van der Waals surface area contributed by atoms with Crippen LogP contribution < -0.4 is 0 Å². The van der Waals surface area contributed by atoms with Crippen molar-refractivity contribution in [2.24, 2.45) is 0 Å². The standard InChI is InChI=1S/C10H18N4O3S/c1-12(2)18(15,16)13-6-9-4-5-11-14(9)8-10(7-13)17-3/h4-5,10H,6-8H2,1-3H3/t10-/m1/s1. The summed E-state index contributed by atoms with van der Waals surface area (Å²) in [6.07, 6.45) is 1.48. The van der Waals surface area contributed by atoms with Crippen molar-refractivity contribution in [1.29, 1.82) is 0 Å².